The van der Waals surface area contributed by atoms with Gasteiger partial charge in [-0.25, -0.2) is 4.98 Å². The maximum absolute atomic E-state index is 11.1. The van der Waals surface area contributed by atoms with Gasteiger partial charge in [0, 0.05) is 23.7 Å². The van der Waals surface area contributed by atoms with Crippen LogP contribution in [0.4, 0.5) is 5.69 Å². The number of carbonyl (C=O) groups excluding carboxylic acids is 1. The molecule has 0 spiro atoms. The zero-order valence-corrected chi connectivity index (χ0v) is 13.9. The van der Waals surface area contributed by atoms with E-state index in [2.05, 4.69) is 22.2 Å². The second kappa shape index (κ2) is 7.77. The Hall–Kier alpha value is -2.62. The summed E-state index contributed by atoms with van der Waals surface area (Å²) in [7, 11) is 1.43. The Morgan fingerprint density at radius 2 is 1.58 bits per heavy atom. The summed E-state index contributed by atoms with van der Waals surface area (Å²) in [4.78, 5) is 15.8. The number of methoxy groups -OCH3 is 1. The lowest BCUT2D eigenvalue weighted by Crippen LogP contribution is -2.04. The van der Waals surface area contributed by atoms with E-state index >= 15 is 0 Å². The molecular formula is C20H22N2O2. The lowest BCUT2D eigenvalue weighted by atomic mass is 10.1. The third-order valence-electron chi connectivity index (χ3n) is 4.17. The van der Waals surface area contributed by atoms with Gasteiger partial charge in [0.2, 0.25) is 0 Å². The maximum atomic E-state index is 11.1. The molecule has 124 valence electrons. The van der Waals surface area contributed by atoms with Gasteiger partial charge in [-0.3, -0.25) is 4.79 Å². The molecule has 1 N–H and O–H groups in total. The van der Waals surface area contributed by atoms with Crippen LogP contribution in [0.15, 0.2) is 48.5 Å². The molecule has 1 heterocycles. The number of hydrogen-bond acceptors (Lipinski definition) is 4. The summed E-state index contributed by atoms with van der Waals surface area (Å²) >= 11 is 0. The Morgan fingerprint density at radius 3 is 2.21 bits per heavy atom. The number of rotatable bonds is 7. The van der Waals surface area contributed by atoms with Crippen LogP contribution in [0, 0.1) is 0 Å². The lowest BCUT2D eigenvalue weighted by Gasteiger charge is -2.13. The third kappa shape index (κ3) is 3.65. The molecule has 3 aromatic rings. The quantitative estimate of drug-likeness (QED) is 0.394. The summed E-state index contributed by atoms with van der Waals surface area (Å²) < 4.78 is 4.66. The Kier molecular flexibility index (Phi) is 5.26. The van der Waals surface area contributed by atoms with Crippen molar-refractivity contribution in [1.29, 1.82) is 0 Å². The van der Waals surface area contributed by atoms with Crippen LogP contribution >= 0.6 is 0 Å². The number of nitrogens with one attached hydrogen (secondary N) is 1. The van der Waals surface area contributed by atoms with Crippen molar-refractivity contribution in [3.63, 3.8) is 0 Å². The first-order valence-corrected chi connectivity index (χ1v) is 8.38. The molecule has 0 saturated carbocycles. The first-order chi connectivity index (χ1) is 11.8. The topological polar surface area (TPSA) is 51.2 Å². The minimum absolute atomic E-state index is 0.130. The van der Waals surface area contributed by atoms with Gasteiger partial charge in [0.25, 0.3) is 0 Å². The van der Waals surface area contributed by atoms with Gasteiger partial charge in [0.05, 0.1) is 23.8 Å². The van der Waals surface area contributed by atoms with E-state index in [1.54, 1.807) is 0 Å². The molecule has 0 radical (unpaired) electrons. The Balaban J connectivity index is 1.72. The fraction of sp³-hybridized carbons (Fsp3) is 0.300. The zero-order chi connectivity index (χ0) is 16.8. The van der Waals surface area contributed by atoms with Crippen molar-refractivity contribution in [3.05, 3.63) is 48.5 Å². The number of para-hydroxylation sites is 2. The van der Waals surface area contributed by atoms with Crippen LogP contribution in [0.25, 0.3) is 21.8 Å². The van der Waals surface area contributed by atoms with Crippen molar-refractivity contribution in [3.8, 4) is 0 Å². The van der Waals surface area contributed by atoms with Gasteiger partial charge in [0.15, 0.2) is 0 Å². The van der Waals surface area contributed by atoms with Gasteiger partial charge in [0.1, 0.15) is 0 Å². The summed E-state index contributed by atoms with van der Waals surface area (Å²) in [6.45, 7) is 0.874. The van der Waals surface area contributed by atoms with Gasteiger partial charge >= 0.3 is 5.97 Å². The van der Waals surface area contributed by atoms with Crippen molar-refractivity contribution >= 4 is 33.5 Å². The number of ether oxygens (including phenoxy) is 1. The van der Waals surface area contributed by atoms with E-state index in [0.29, 0.717) is 6.42 Å². The molecule has 1 aromatic heterocycles. The van der Waals surface area contributed by atoms with Crippen LogP contribution in [-0.4, -0.2) is 24.6 Å². The predicted octanol–water partition coefficient (Wildman–Crippen LogP) is 4.53. The highest BCUT2D eigenvalue weighted by atomic mass is 16.5. The first-order valence-electron chi connectivity index (χ1n) is 8.38. The van der Waals surface area contributed by atoms with Crippen molar-refractivity contribution in [2.75, 3.05) is 19.0 Å². The van der Waals surface area contributed by atoms with Gasteiger partial charge in [-0.05, 0) is 25.0 Å². The molecule has 4 nitrogen and oxygen atoms in total. The number of aromatic nitrogens is 1. The summed E-state index contributed by atoms with van der Waals surface area (Å²) in [6, 6.07) is 16.4. The highest BCUT2D eigenvalue weighted by Crippen LogP contribution is 2.30. The minimum Gasteiger partial charge on any atom is -0.469 e. The van der Waals surface area contributed by atoms with Gasteiger partial charge in [-0.2, -0.15) is 0 Å². The van der Waals surface area contributed by atoms with Gasteiger partial charge < -0.3 is 10.1 Å². The molecule has 0 bridgehead atoms. The first kappa shape index (κ1) is 16.2. The smallest absolute Gasteiger partial charge is 0.305 e. The molecule has 0 amide bonds. The van der Waals surface area contributed by atoms with E-state index in [9.17, 15) is 4.79 Å². The zero-order valence-electron chi connectivity index (χ0n) is 13.9. The van der Waals surface area contributed by atoms with Crippen LogP contribution in [0.1, 0.15) is 25.7 Å². The monoisotopic (exact) mass is 322 g/mol. The summed E-state index contributed by atoms with van der Waals surface area (Å²) in [5.74, 6) is -0.130. The van der Waals surface area contributed by atoms with Crippen molar-refractivity contribution in [1.82, 2.24) is 4.98 Å². The maximum Gasteiger partial charge on any atom is 0.305 e. The lowest BCUT2D eigenvalue weighted by molar-refractivity contribution is -0.140. The van der Waals surface area contributed by atoms with Crippen molar-refractivity contribution in [2.45, 2.75) is 25.7 Å². The third-order valence-corrected chi connectivity index (χ3v) is 4.17. The van der Waals surface area contributed by atoms with Crippen LogP contribution in [0.5, 0.6) is 0 Å². The number of anilines is 1. The number of nitrogens with zero attached hydrogens (tertiary/aromatic N) is 1. The van der Waals surface area contributed by atoms with Crippen LogP contribution in [0.2, 0.25) is 0 Å². The van der Waals surface area contributed by atoms with Crippen LogP contribution < -0.4 is 5.32 Å². The molecule has 3 rings (SSSR count). The minimum atomic E-state index is -0.130. The standard InChI is InChI=1S/C20H22N2O2/c1-24-19(23)13-3-2-8-14-21-20-15-9-4-6-11-17(15)22-18-12-7-5-10-16(18)20/h4-7,9-12H,2-3,8,13-14H2,1H3,(H,21,22). The Bertz CT molecular complexity index is 791. The normalized spacial score (nSPS) is 10.9. The number of pyridine rings is 1. The highest BCUT2D eigenvalue weighted by molar-refractivity contribution is 6.07. The largest absolute Gasteiger partial charge is 0.469 e. The molecule has 0 aliphatic heterocycles. The number of esters is 1. The van der Waals surface area contributed by atoms with E-state index < -0.39 is 0 Å². The molecule has 0 saturated heterocycles. The Morgan fingerprint density at radius 1 is 0.958 bits per heavy atom. The molecule has 2 aromatic carbocycles. The van der Waals surface area contributed by atoms with Gasteiger partial charge in [-0.1, -0.05) is 42.8 Å². The summed E-state index contributed by atoms with van der Waals surface area (Å²) in [5.41, 5.74) is 3.15. The van der Waals surface area contributed by atoms with E-state index in [0.717, 1.165) is 53.3 Å². The summed E-state index contributed by atoms with van der Waals surface area (Å²) in [5, 5.41) is 5.87. The second-order valence-electron chi connectivity index (χ2n) is 5.83. The predicted molar refractivity (Wildman–Crippen MR) is 98.2 cm³/mol. The number of carbonyl (C=O) groups is 1. The average Bonchev–Trinajstić information content (AvgIpc) is 2.63. The SMILES string of the molecule is COC(=O)CCCCCNc1c2ccccc2nc2ccccc12. The van der Waals surface area contributed by atoms with Gasteiger partial charge in [-0.15, -0.1) is 0 Å². The van der Waals surface area contributed by atoms with E-state index in [1.165, 1.54) is 7.11 Å². The van der Waals surface area contributed by atoms with E-state index in [4.69, 9.17) is 4.98 Å². The molecule has 0 aliphatic rings. The van der Waals surface area contributed by atoms with Crippen molar-refractivity contribution < 1.29 is 9.53 Å². The number of hydrogen-bond donors (Lipinski definition) is 1. The fourth-order valence-electron chi connectivity index (χ4n) is 2.92. The van der Waals surface area contributed by atoms with E-state index in [-0.39, 0.29) is 5.97 Å². The number of benzene rings is 2. The second-order valence-corrected chi connectivity index (χ2v) is 5.83. The molecule has 4 heteroatoms. The fourth-order valence-corrected chi connectivity index (χ4v) is 2.92. The average molecular weight is 322 g/mol. The summed E-state index contributed by atoms with van der Waals surface area (Å²) in [6.07, 6.45) is 3.38. The molecule has 0 aliphatic carbocycles. The highest BCUT2D eigenvalue weighted by Gasteiger charge is 2.08. The molecule has 0 unspecified atom stereocenters. The molecule has 0 fully saturated rings. The van der Waals surface area contributed by atoms with Crippen LogP contribution in [-0.2, 0) is 9.53 Å². The van der Waals surface area contributed by atoms with Crippen molar-refractivity contribution in [2.24, 2.45) is 0 Å². The van der Waals surface area contributed by atoms with E-state index in [1.807, 2.05) is 36.4 Å². The Labute approximate surface area is 141 Å². The van der Waals surface area contributed by atoms with Crippen LogP contribution in [0.3, 0.4) is 0 Å². The molecule has 0 atom stereocenters. The molecular weight excluding hydrogens is 300 g/mol. The number of unbranched alkanes of at least 4 members (excludes halogenated alkanes) is 2. The molecule has 24 heavy (non-hydrogen) atoms. The number of fused-ring (bicyclic) bond motifs is 2.